The quantitative estimate of drug-likeness (QED) is 0.325. The van der Waals surface area contributed by atoms with Crippen molar-refractivity contribution in [1.82, 2.24) is 9.97 Å². The van der Waals surface area contributed by atoms with Crippen LogP contribution in [0.5, 0.6) is 5.75 Å². The zero-order valence-electron chi connectivity index (χ0n) is 11.6. The number of H-pyrrole nitrogens is 1. The summed E-state index contributed by atoms with van der Waals surface area (Å²) in [7, 11) is 0. The normalized spacial score (nSPS) is 10.7. The van der Waals surface area contributed by atoms with Gasteiger partial charge in [-0.2, -0.15) is 0 Å². The first-order valence-electron chi connectivity index (χ1n) is 6.67. The van der Waals surface area contributed by atoms with Gasteiger partial charge in [-0.15, -0.1) is 0 Å². The van der Waals surface area contributed by atoms with E-state index in [2.05, 4.69) is 9.97 Å². The Bertz CT molecular complexity index is 770. The molecule has 0 bridgehead atoms. The number of rotatable bonds is 6. The fraction of sp³-hybridized carbons (Fsp3) is 0.133. The topological polar surface area (TPSA) is 81.1 Å². The summed E-state index contributed by atoms with van der Waals surface area (Å²) in [5.74, 6) is 1.20. The number of nitro benzene ring substituents is 1. The van der Waals surface area contributed by atoms with Crippen LogP contribution in [0.4, 0.5) is 5.69 Å². The molecule has 112 valence electrons. The number of fused-ring (bicyclic) bond motifs is 1. The molecular formula is C15H13N3O3S. The first-order valence-corrected chi connectivity index (χ1v) is 7.66. The summed E-state index contributed by atoms with van der Waals surface area (Å²) in [5, 5.41) is 11.5. The Labute approximate surface area is 130 Å². The van der Waals surface area contributed by atoms with Crippen LogP contribution in [-0.4, -0.2) is 27.3 Å². The number of imidazole rings is 1. The molecule has 0 saturated heterocycles. The van der Waals surface area contributed by atoms with Gasteiger partial charge < -0.3 is 9.72 Å². The third kappa shape index (κ3) is 3.37. The third-order valence-electron chi connectivity index (χ3n) is 2.99. The van der Waals surface area contributed by atoms with Crippen LogP contribution in [0.3, 0.4) is 0 Å². The minimum atomic E-state index is -0.435. The Balaban J connectivity index is 1.53. The Morgan fingerprint density at radius 2 is 2.09 bits per heavy atom. The number of nitrogens with one attached hydrogen (secondary N) is 1. The zero-order chi connectivity index (χ0) is 15.4. The largest absolute Gasteiger partial charge is 0.492 e. The number of hydrogen-bond donors (Lipinski definition) is 1. The monoisotopic (exact) mass is 315 g/mol. The molecular weight excluding hydrogens is 302 g/mol. The number of nitrogens with zero attached hydrogens (tertiary/aromatic N) is 2. The van der Waals surface area contributed by atoms with E-state index in [9.17, 15) is 10.1 Å². The number of benzene rings is 2. The predicted molar refractivity (Wildman–Crippen MR) is 85.4 cm³/mol. The Kier molecular flexibility index (Phi) is 4.24. The molecule has 3 rings (SSSR count). The van der Waals surface area contributed by atoms with Gasteiger partial charge in [0, 0.05) is 11.8 Å². The fourth-order valence-corrected chi connectivity index (χ4v) is 2.69. The average molecular weight is 315 g/mol. The van der Waals surface area contributed by atoms with Gasteiger partial charge in [-0.3, -0.25) is 10.1 Å². The Morgan fingerprint density at radius 1 is 1.23 bits per heavy atom. The van der Waals surface area contributed by atoms with Gasteiger partial charge in [-0.1, -0.05) is 30.0 Å². The molecule has 0 spiro atoms. The van der Waals surface area contributed by atoms with Gasteiger partial charge in [0.2, 0.25) is 0 Å². The molecule has 0 fully saturated rings. The van der Waals surface area contributed by atoms with Crippen LogP contribution >= 0.6 is 11.8 Å². The lowest BCUT2D eigenvalue weighted by Gasteiger charge is -2.04. The van der Waals surface area contributed by atoms with E-state index in [4.69, 9.17) is 4.74 Å². The number of aromatic amines is 1. The molecule has 3 aromatic rings. The summed E-state index contributed by atoms with van der Waals surface area (Å²) < 4.78 is 5.53. The molecule has 7 heteroatoms. The number of hydrogen-bond acceptors (Lipinski definition) is 5. The third-order valence-corrected chi connectivity index (χ3v) is 3.82. The predicted octanol–water partition coefficient (Wildman–Crippen LogP) is 3.64. The van der Waals surface area contributed by atoms with E-state index < -0.39 is 4.92 Å². The lowest BCUT2D eigenvalue weighted by Crippen LogP contribution is -2.00. The summed E-state index contributed by atoms with van der Waals surface area (Å²) in [4.78, 5) is 17.9. The van der Waals surface area contributed by atoms with Crippen molar-refractivity contribution in [2.75, 3.05) is 12.4 Å². The smallest absolute Gasteiger partial charge is 0.273 e. The van der Waals surface area contributed by atoms with Crippen LogP contribution in [0.2, 0.25) is 0 Å². The molecule has 0 atom stereocenters. The standard InChI is InChI=1S/C15H13N3O3S/c19-18(20)11-4-3-5-12(10-11)21-8-9-22-15-16-13-6-1-2-7-14(13)17-15/h1-7,10H,8-9H2,(H,16,17). The van der Waals surface area contributed by atoms with Gasteiger partial charge >= 0.3 is 0 Å². The van der Waals surface area contributed by atoms with Crippen LogP contribution < -0.4 is 4.74 Å². The molecule has 1 N–H and O–H groups in total. The highest BCUT2D eigenvalue weighted by Crippen LogP contribution is 2.21. The second kappa shape index (κ2) is 6.48. The maximum Gasteiger partial charge on any atom is 0.273 e. The maximum absolute atomic E-state index is 10.7. The summed E-state index contributed by atoms with van der Waals surface area (Å²) in [6.07, 6.45) is 0. The van der Waals surface area contributed by atoms with Crippen molar-refractivity contribution in [1.29, 1.82) is 0 Å². The lowest BCUT2D eigenvalue weighted by atomic mass is 10.3. The minimum Gasteiger partial charge on any atom is -0.492 e. The van der Waals surface area contributed by atoms with E-state index in [0.29, 0.717) is 18.1 Å². The molecule has 0 aliphatic rings. The van der Waals surface area contributed by atoms with Crippen LogP contribution in [0, 0.1) is 10.1 Å². The molecule has 1 heterocycles. The molecule has 0 unspecified atom stereocenters. The molecule has 0 aliphatic heterocycles. The van der Waals surface area contributed by atoms with Crippen molar-refractivity contribution >= 4 is 28.5 Å². The number of non-ortho nitro benzene ring substituents is 1. The van der Waals surface area contributed by atoms with Crippen molar-refractivity contribution in [2.45, 2.75) is 5.16 Å². The maximum atomic E-state index is 10.7. The van der Waals surface area contributed by atoms with Gasteiger partial charge in [-0.05, 0) is 18.2 Å². The van der Waals surface area contributed by atoms with Gasteiger partial charge in [0.05, 0.1) is 28.6 Å². The second-order valence-electron chi connectivity index (χ2n) is 4.51. The molecule has 22 heavy (non-hydrogen) atoms. The number of nitro groups is 1. The summed E-state index contributed by atoms with van der Waals surface area (Å²) in [5.41, 5.74) is 1.97. The minimum absolute atomic E-state index is 0.0300. The van der Waals surface area contributed by atoms with Crippen LogP contribution in [0.1, 0.15) is 0 Å². The summed E-state index contributed by atoms with van der Waals surface area (Å²) in [6.45, 7) is 0.447. The van der Waals surface area contributed by atoms with Gasteiger partial charge in [-0.25, -0.2) is 4.98 Å². The van der Waals surface area contributed by atoms with E-state index in [0.717, 1.165) is 16.2 Å². The summed E-state index contributed by atoms with van der Waals surface area (Å²) >= 11 is 1.55. The summed E-state index contributed by atoms with van der Waals surface area (Å²) in [6, 6.07) is 14.0. The van der Waals surface area contributed by atoms with Crippen molar-refractivity contribution in [2.24, 2.45) is 0 Å². The van der Waals surface area contributed by atoms with Crippen molar-refractivity contribution in [3.8, 4) is 5.75 Å². The second-order valence-corrected chi connectivity index (χ2v) is 5.59. The Hall–Kier alpha value is -2.54. The average Bonchev–Trinajstić information content (AvgIpc) is 2.94. The first-order chi connectivity index (χ1) is 10.7. The van der Waals surface area contributed by atoms with Gasteiger partial charge in [0.15, 0.2) is 5.16 Å². The molecule has 2 aromatic carbocycles. The van der Waals surface area contributed by atoms with E-state index in [1.807, 2.05) is 24.3 Å². The Morgan fingerprint density at radius 3 is 2.91 bits per heavy atom. The van der Waals surface area contributed by atoms with Gasteiger partial charge in [0.1, 0.15) is 5.75 Å². The SMILES string of the molecule is O=[N+]([O-])c1cccc(OCCSc2nc3ccccc3[nH]2)c1. The van der Waals surface area contributed by atoms with E-state index in [1.165, 1.54) is 12.1 Å². The number of para-hydroxylation sites is 2. The molecule has 0 amide bonds. The number of aromatic nitrogens is 2. The number of thioether (sulfide) groups is 1. The van der Waals surface area contributed by atoms with Crippen LogP contribution in [0.25, 0.3) is 11.0 Å². The molecule has 6 nitrogen and oxygen atoms in total. The van der Waals surface area contributed by atoms with Crippen LogP contribution in [-0.2, 0) is 0 Å². The number of ether oxygens (including phenoxy) is 1. The molecule has 1 aromatic heterocycles. The highest BCUT2D eigenvalue weighted by Gasteiger charge is 2.06. The lowest BCUT2D eigenvalue weighted by molar-refractivity contribution is -0.384. The fourth-order valence-electron chi connectivity index (χ4n) is 1.98. The van der Waals surface area contributed by atoms with Crippen LogP contribution in [0.15, 0.2) is 53.7 Å². The van der Waals surface area contributed by atoms with Crippen molar-refractivity contribution in [3.05, 3.63) is 58.6 Å². The van der Waals surface area contributed by atoms with Crippen molar-refractivity contribution in [3.63, 3.8) is 0 Å². The highest BCUT2D eigenvalue weighted by atomic mass is 32.2. The highest BCUT2D eigenvalue weighted by molar-refractivity contribution is 7.99. The zero-order valence-corrected chi connectivity index (χ0v) is 12.4. The molecule has 0 aliphatic carbocycles. The van der Waals surface area contributed by atoms with E-state index in [-0.39, 0.29) is 5.69 Å². The van der Waals surface area contributed by atoms with E-state index >= 15 is 0 Å². The molecule has 0 saturated carbocycles. The first kappa shape index (κ1) is 14.4. The van der Waals surface area contributed by atoms with Crippen molar-refractivity contribution < 1.29 is 9.66 Å². The molecule has 0 radical (unpaired) electrons. The van der Waals surface area contributed by atoms with Gasteiger partial charge in [0.25, 0.3) is 5.69 Å². The van der Waals surface area contributed by atoms with E-state index in [1.54, 1.807) is 23.9 Å².